The number of aromatic nitrogens is 2. The molecule has 0 unspecified atom stereocenters. The van der Waals surface area contributed by atoms with Crippen LogP contribution in [-0.2, 0) is 0 Å². The van der Waals surface area contributed by atoms with Crippen LogP contribution in [0.2, 0.25) is 5.02 Å². The molecule has 0 bridgehead atoms. The highest BCUT2D eigenvalue weighted by Gasteiger charge is 2.08. The molecule has 0 atom stereocenters. The predicted octanol–water partition coefficient (Wildman–Crippen LogP) is 0.745. The minimum Gasteiger partial charge on any atom is -0.370 e. The van der Waals surface area contributed by atoms with Crippen molar-refractivity contribution in [1.29, 1.82) is 0 Å². The topological polar surface area (TPSA) is 121 Å². The van der Waals surface area contributed by atoms with Crippen molar-refractivity contribution in [3.8, 4) is 5.69 Å². The number of benzene rings is 1. The third kappa shape index (κ3) is 3.02. The third-order valence-electron chi connectivity index (χ3n) is 2.21. The minimum absolute atomic E-state index is 0.0522. The van der Waals surface area contributed by atoms with Gasteiger partial charge < -0.3 is 21.8 Å². The van der Waals surface area contributed by atoms with Crippen molar-refractivity contribution in [3.05, 3.63) is 41.9 Å². The molecule has 0 aliphatic carbocycles. The Morgan fingerprint density at radius 2 is 2.05 bits per heavy atom. The molecule has 0 radical (unpaired) electrons. The highest BCUT2D eigenvalue weighted by molar-refractivity contribution is 6.33. The maximum absolute atomic E-state index is 6.17. The van der Waals surface area contributed by atoms with Crippen molar-refractivity contribution in [2.75, 3.05) is 0 Å². The van der Waals surface area contributed by atoms with E-state index < -0.39 is 0 Å². The fourth-order valence-electron chi connectivity index (χ4n) is 1.52. The highest BCUT2D eigenvalue weighted by atomic mass is 35.5. The molecule has 1 aromatic heterocycles. The first-order valence-corrected chi connectivity index (χ1v) is 5.66. The summed E-state index contributed by atoms with van der Waals surface area (Å²) in [7, 11) is 0. The molecule has 0 aliphatic heterocycles. The zero-order valence-electron chi connectivity index (χ0n) is 9.86. The van der Waals surface area contributed by atoms with Crippen molar-refractivity contribution in [3.63, 3.8) is 0 Å². The largest absolute Gasteiger partial charge is 0.370 e. The van der Waals surface area contributed by atoms with Gasteiger partial charge in [0.15, 0.2) is 5.96 Å². The second kappa shape index (κ2) is 5.40. The van der Waals surface area contributed by atoms with E-state index in [2.05, 4.69) is 15.0 Å². The lowest BCUT2D eigenvalue weighted by Gasteiger charge is -2.08. The normalized spacial score (nSPS) is 11.3. The summed E-state index contributed by atoms with van der Waals surface area (Å²) in [6, 6.07) is 5.24. The Morgan fingerprint density at radius 3 is 2.68 bits per heavy atom. The smallest absolute Gasteiger partial charge is 0.223 e. The van der Waals surface area contributed by atoms with Crippen molar-refractivity contribution in [2.45, 2.75) is 0 Å². The van der Waals surface area contributed by atoms with Crippen LogP contribution >= 0.6 is 11.6 Å². The summed E-state index contributed by atoms with van der Waals surface area (Å²) in [4.78, 5) is 11.8. The first-order valence-electron chi connectivity index (χ1n) is 5.28. The molecule has 19 heavy (non-hydrogen) atoms. The van der Waals surface area contributed by atoms with E-state index in [-0.39, 0.29) is 11.9 Å². The van der Waals surface area contributed by atoms with Crippen LogP contribution in [0.3, 0.4) is 0 Å². The van der Waals surface area contributed by atoms with E-state index in [1.807, 2.05) is 0 Å². The molecular formula is C11H12ClN7. The fourth-order valence-corrected chi connectivity index (χ4v) is 1.79. The average molecular weight is 278 g/mol. The molecule has 1 heterocycles. The van der Waals surface area contributed by atoms with E-state index in [1.54, 1.807) is 41.5 Å². The lowest BCUT2D eigenvalue weighted by Crippen LogP contribution is -2.26. The van der Waals surface area contributed by atoms with Crippen molar-refractivity contribution >= 4 is 29.2 Å². The molecule has 0 saturated heterocycles. The van der Waals surface area contributed by atoms with Crippen LogP contribution < -0.4 is 17.2 Å². The summed E-state index contributed by atoms with van der Waals surface area (Å²) >= 11 is 6.17. The van der Waals surface area contributed by atoms with Gasteiger partial charge in [-0.05, 0) is 12.1 Å². The Balaban J connectivity index is 2.53. The number of para-hydroxylation sites is 1. The van der Waals surface area contributed by atoms with Gasteiger partial charge in [0.25, 0.3) is 0 Å². The van der Waals surface area contributed by atoms with Gasteiger partial charge in [0.05, 0.1) is 22.7 Å². The van der Waals surface area contributed by atoms with Crippen LogP contribution in [0, 0.1) is 0 Å². The molecule has 1 aromatic carbocycles. The molecule has 0 aliphatic rings. The molecule has 0 saturated carbocycles. The van der Waals surface area contributed by atoms with E-state index in [0.717, 1.165) is 0 Å². The van der Waals surface area contributed by atoms with Crippen LogP contribution in [0.5, 0.6) is 0 Å². The summed E-state index contributed by atoms with van der Waals surface area (Å²) in [5, 5.41) is 0.511. The SMILES string of the molecule is NC(N)=NC(N)=Nc1cccc(Cl)c1-n1ccnc1. The first-order chi connectivity index (χ1) is 9.08. The average Bonchev–Trinajstić information content (AvgIpc) is 2.81. The lowest BCUT2D eigenvalue weighted by molar-refractivity contribution is 1.05. The second-order valence-corrected chi connectivity index (χ2v) is 3.99. The van der Waals surface area contributed by atoms with Crippen LogP contribution in [0.1, 0.15) is 0 Å². The molecule has 98 valence electrons. The quantitative estimate of drug-likeness (QED) is 0.554. The van der Waals surface area contributed by atoms with Gasteiger partial charge in [0.2, 0.25) is 5.96 Å². The minimum atomic E-state index is -0.160. The summed E-state index contributed by atoms with van der Waals surface area (Å²) in [5.74, 6) is -0.212. The van der Waals surface area contributed by atoms with Gasteiger partial charge >= 0.3 is 0 Å². The number of aliphatic imine (C=N–C) groups is 2. The second-order valence-electron chi connectivity index (χ2n) is 3.58. The van der Waals surface area contributed by atoms with E-state index in [4.69, 9.17) is 28.8 Å². The van der Waals surface area contributed by atoms with E-state index in [1.165, 1.54) is 0 Å². The number of guanidine groups is 2. The van der Waals surface area contributed by atoms with Crippen LogP contribution in [0.15, 0.2) is 46.9 Å². The van der Waals surface area contributed by atoms with Crippen LogP contribution in [0.25, 0.3) is 5.69 Å². The van der Waals surface area contributed by atoms with Gasteiger partial charge in [-0.1, -0.05) is 17.7 Å². The molecular weight excluding hydrogens is 266 g/mol. The summed E-state index contributed by atoms with van der Waals surface area (Å²) < 4.78 is 1.73. The van der Waals surface area contributed by atoms with Gasteiger partial charge in [0.1, 0.15) is 0 Å². The molecule has 2 rings (SSSR count). The molecule has 7 nitrogen and oxygen atoms in total. The Hall–Kier alpha value is -2.54. The monoisotopic (exact) mass is 277 g/mol. The molecule has 8 heteroatoms. The Labute approximate surface area is 114 Å². The summed E-state index contributed by atoms with van der Waals surface area (Å²) in [6.45, 7) is 0. The van der Waals surface area contributed by atoms with Crippen molar-refractivity contribution < 1.29 is 0 Å². The van der Waals surface area contributed by atoms with Crippen LogP contribution in [0.4, 0.5) is 5.69 Å². The zero-order chi connectivity index (χ0) is 13.8. The van der Waals surface area contributed by atoms with E-state index >= 15 is 0 Å². The molecule has 0 amide bonds. The van der Waals surface area contributed by atoms with Crippen LogP contribution in [-0.4, -0.2) is 21.5 Å². The van der Waals surface area contributed by atoms with E-state index in [0.29, 0.717) is 16.4 Å². The number of imidazole rings is 1. The molecule has 0 spiro atoms. The summed E-state index contributed by atoms with van der Waals surface area (Å²) in [6.07, 6.45) is 4.99. The Morgan fingerprint density at radius 1 is 1.26 bits per heavy atom. The zero-order valence-corrected chi connectivity index (χ0v) is 10.6. The number of rotatable bonds is 2. The molecule has 0 fully saturated rings. The fraction of sp³-hybridized carbons (Fsp3) is 0. The van der Waals surface area contributed by atoms with Gasteiger partial charge in [-0.3, -0.25) is 0 Å². The standard InChI is InChI=1S/C11H12ClN7/c12-7-2-1-3-8(17-11(15)18-10(13)14)9(7)19-5-4-16-6-19/h1-6H,(H6,13,14,15,17,18). The maximum atomic E-state index is 6.17. The highest BCUT2D eigenvalue weighted by Crippen LogP contribution is 2.30. The maximum Gasteiger partial charge on any atom is 0.223 e. The van der Waals surface area contributed by atoms with Gasteiger partial charge in [-0.2, -0.15) is 4.99 Å². The van der Waals surface area contributed by atoms with Crippen molar-refractivity contribution in [2.24, 2.45) is 27.2 Å². The van der Waals surface area contributed by atoms with Gasteiger partial charge in [-0.25, -0.2) is 9.98 Å². The number of hydrogen-bond donors (Lipinski definition) is 3. The molecule has 2 aromatic rings. The number of nitrogens with zero attached hydrogens (tertiary/aromatic N) is 4. The predicted molar refractivity (Wildman–Crippen MR) is 75.7 cm³/mol. The van der Waals surface area contributed by atoms with E-state index in [9.17, 15) is 0 Å². The Bertz CT molecular complexity index is 626. The number of halogens is 1. The Kier molecular flexibility index (Phi) is 3.67. The third-order valence-corrected chi connectivity index (χ3v) is 2.51. The van der Waals surface area contributed by atoms with Gasteiger partial charge in [0, 0.05) is 12.4 Å². The summed E-state index contributed by atoms with van der Waals surface area (Å²) in [5.41, 5.74) is 17.3. The van der Waals surface area contributed by atoms with Gasteiger partial charge in [-0.15, -0.1) is 0 Å². The van der Waals surface area contributed by atoms with Crippen molar-refractivity contribution in [1.82, 2.24) is 9.55 Å². The molecule has 6 N–H and O–H groups in total. The number of hydrogen-bond acceptors (Lipinski definition) is 2. The number of nitrogens with two attached hydrogens (primary N) is 3. The lowest BCUT2D eigenvalue weighted by atomic mass is 10.2. The first kappa shape index (κ1) is 12.9.